The van der Waals surface area contributed by atoms with Crippen LogP contribution < -0.4 is 15.4 Å². The molecule has 2 aliphatic heterocycles. The van der Waals surface area contributed by atoms with Crippen LogP contribution >= 0.6 is 12.4 Å². The number of carbonyl (C=O) groups excluding carboxylic acids is 1. The highest BCUT2D eigenvalue weighted by Gasteiger charge is 2.26. The number of aromatic nitrogens is 2. The molecular weight excluding hydrogens is 354 g/mol. The van der Waals surface area contributed by atoms with E-state index in [4.69, 9.17) is 4.74 Å². The van der Waals surface area contributed by atoms with Crippen LogP contribution in [0.15, 0.2) is 0 Å². The summed E-state index contributed by atoms with van der Waals surface area (Å²) in [7, 11) is 3.62. The number of ether oxygens (including phenoxy) is 1. The third-order valence-corrected chi connectivity index (χ3v) is 5.41. The molecule has 3 heterocycles. The van der Waals surface area contributed by atoms with Gasteiger partial charge < -0.3 is 15.4 Å². The molecule has 0 bridgehead atoms. The van der Waals surface area contributed by atoms with Crippen molar-refractivity contribution < 1.29 is 9.53 Å². The Labute approximate surface area is 162 Å². The van der Waals surface area contributed by atoms with Gasteiger partial charge >= 0.3 is 0 Å². The van der Waals surface area contributed by atoms with Crippen LogP contribution in [0, 0.1) is 12.8 Å². The summed E-state index contributed by atoms with van der Waals surface area (Å²) >= 11 is 0. The van der Waals surface area contributed by atoms with E-state index in [-0.39, 0.29) is 24.4 Å². The van der Waals surface area contributed by atoms with Gasteiger partial charge in [-0.2, -0.15) is 5.10 Å². The molecule has 0 aromatic carbocycles. The van der Waals surface area contributed by atoms with Gasteiger partial charge in [-0.05, 0) is 51.6 Å². The predicted molar refractivity (Wildman–Crippen MR) is 104 cm³/mol. The van der Waals surface area contributed by atoms with E-state index in [1.807, 2.05) is 14.0 Å². The molecule has 1 aromatic rings. The lowest BCUT2D eigenvalue weighted by atomic mass is 9.97. The maximum atomic E-state index is 12.2. The molecule has 2 N–H and O–H groups in total. The molecule has 1 aromatic heterocycles. The number of halogens is 1. The van der Waals surface area contributed by atoms with E-state index in [1.54, 1.807) is 11.8 Å². The van der Waals surface area contributed by atoms with Gasteiger partial charge in [0.25, 0.3) is 0 Å². The van der Waals surface area contributed by atoms with E-state index in [1.165, 1.54) is 18.4 Å². The molecule has 0 radical (unpaired) electrons. The molecule has 0 spiro atoms. The van der Waals surface area contributed by atoms with Gasteiger partial charge in [-0.1, -0.05) is 0 Å². The summed E-state index contributed by atoms with van der Waals surface area (Å²) in [4.78, 5) is 14.6. The number of hydrogen-bond donors (Lipinski definition) is 2. The van der Waals surface area contributed by atoms with Crippen LogP contribution in [0.25, 0.3) is 0 Å². The second kappa shape index (κ2) is 9.58. The van der Waals surface area contributed by atoms with Crippen molar-refractivity contribution in [2.24, 2.45) is 13.0 Å². The average Bonchev–Trinajstić information content (AvgIpc) is 3.22. The molecule has 7 nitrogen and oxygen atoms in total. The quantitative estimate of drug-likeness (QED) is 0.770. The van der Waals surface area contributed by atoms with Crippen molar-refractivity contribution in [3.8, 4) is 5.88 Å². The summed E-state index contributed by atoms with van der Waals surface area (Å²) in [6.07, 6.45) is 4.41. The first kappa shape index (κ1) is 21.0. The monoisotopic (exact) mass is 385 g/mol. The first-order valence-corrected chi connectivity index (χ1v) is 9.38. The van der Waals surface area contributed by atoms with Crippen molar-refractivity contribution in [1.82, 2.24) is 25.3 Å². The number of piperidine rings is 1. The van der Waals surface area contributed by atoms with Crippen molar-refractivity contribution in [3.05, 3.63) is 11.3 Å². The highest BCUT2D eigenvalue weighted by molar-refractivity contribution is 5.85. The molecule has 2 saturated heterocycles. The summed E-state index contributed by atoms with van der Waals surface area (Å²) < 4.78 is 7.32. The lowest BCUT2D eigenvalue weighted by Crippen LogP contribution is -2.45. The Bertz CT molecular complexity index is 601. The summed E-state index contributed by atoms with van der Waals surface area (Å²) in [5, 5.41) is 10.9. The van der Waals surface area contributed by atoms with Gasteiger partial charge in [0.2, 0.25) is 11.8 Å². The summed E-state index contributed by atoms with van der Waals surface area (Å²) in [5.74, 6) is 1.53. The number of carbonyl (C=O) groups is 1. The van der Waals surface area contributed by atoms with Gasteiger partial charge in [-0.3, -0.25) is 9.69 Å². The van der Waals surface area contributed by atoms with Crippen LogP contribution in [0.4, 0.5) is 0 Å². The fraction of sp³-hybridized carbons (Fsp3) is 0.778. The van der Waals surface area contributed by atoms with Crippen molar-refractivity contribution >= 4 is 18.3 Å². The molecule has 1 amide bonds. The van der Waals surface area contributed by atoms with Gasteiger partial charge in [-0.15, -0.1) is 12.4 Å². The number of nitrogens with one attached hydrogen (secondary N) is 2. The highest BCUT2D eigenvalue weighted by atomic mass is 35.5. The van der Waals surface area contributed by atoms with E-state index < -0.39 is 0 Å². The molecule has 26 heavy (non-hydrogen) atoms. The number of likely N-dealkylation sites (tertiary alicyclic amines) is 1. The van der Waals surface area contributed by atoms with Gasteiger partial charge in [0, 0.05) is 26.7 Å². The minimum Gasteiger partial charge on any atom is -0.481 e. The minimum absolute atomic E-state index is 0. The SMILES string of the molecule is COc1c(CN2CCCC(CNC(=O)C3CCCN3)C2)c(C)nn1C.Cl. The van der Waals surface area contributed by atoms with E-state index in [2.05, 4.69) is 20.6 Å². The standard InChI is InChI=1S/C18H31N5O2.ClH/c1-13-15(18(25-3)22(2)21-13)12-23-9-5-6-14(11-23)10-20-17(24)16-7-4-8-19-16;/h14,16,19H,4-12H2,1-3H3,(H,20,24);1H. The van der Waals surface area contributed by atoms with E-state index in [0.29, 0.717) is 5.92 Å². The van der Waals surface area contributed by atoms with Crippen LogP contribution in [-0.2, 0) is 18.4 Å². The molecule has 3 rings (SSSR count). The molecule has 2 atom stereocenters. The van der Waals surface area contributed by atoms with E-state index in [0.717, 1.165) is 57.1 Å². The molecule has 2 unspecified atom stereocenters. The molecule has 8 heteroatoms. The zero-order chi connectivity index (χ0) is 17.8. The molecule has 0 saturated carbocycles. The number of aryl methyl sites for hydroxylation is 2. The highest BCUT2D eigenvalue weighted by Crippen LogP contribution is 2.25. The smallest absolute Gasteiger partial charge is 0.237 e. The van der Waals surface area contributed by atoms with Crippen LogP contribution in [-0.4, -0.2) is 59.9 Å². The maximum absolute atomic E-state index is 12.2. The summed E-state index contributed by atoms with van der Waals surface area (Å²) in [5.41, 5.74) is 2.20. The minimum atomic E-state index is 0. The lowest BCUT2D eigenvalue weighted by molar-refractivity contribution is -0.123. The zero-order valence-corrected chi connectivity index (χ0v) is 16.9. The van der Waals surface area contributed by atoms with Gasteiger partial charge in [-0.25, -0.2) is 4.68 Å². The normalized spacial score (nSPS) is 23.5. The van der Waals surface area contributed by atoms with Crippen molar-refractivity contribution in [2.75, 3.05) is 33.3 Å². The third-order valence-electron chi connectivity index (χ3n) is 5.41. The van der Waals surface area contributed by atoms with E-state index in [9.17, 15) is 4.79 Å². The van der Waals surface area contributed by atoms with Gasteiger partial charge in [0.1, 0.15) is 0 Å². The van der Waals surface area contributed by atoms with Gasteiger partial charge in [0.05, 0.1) is 24.4 Å². The number of methoxy groups -OCH3 is 1. The fourth-order valence-electron chi connectivity index (χ4n) is 4.08. The van der Waals surface area contributed by atoms with Crippen molar-refractivity contribution in [3.63, 3.8) is 0 Å². The Morgan fingerprint density at radius 2 is 2.19 bits per heavy atom. The third kappa shape index (κ3) is 4.90. The average molecular weight is 386 g/mol. The largest absolute Gasteiger partial charge is 0.481 e. The van der Waals surface area contributed by atoms with Crippen LogP contribution in [0.3, 0.4) is 0 Å². The lowest BCUT2D eigenvalue weighted by Gasteiger charge is -2.33. The van der Waals surface area contributed by atoms with Crippen molar-refractivity contribution in [2.45, 2.75) is 45.2 Å². The summed E-state index contributed by atoms with van der Waals surface area (Å²) in [6, 6.07) is 0.0157. The first-order chi connectivity index (χ1) is 12.1. The number of hydrogen-bond acceptors (Lipinski definition) is 5. The number of amides is 1. The topological polar surface area (TPSA) is 71.4 Å². The fourth-order valence-corrected chi connectivity index (χ4v) is 4.08. The Kier molecular flexibility index (Phi) is 7.73. The Morgan fingerprint density at radius 1 is 1.38 bits per heavy atom. The van der Waals surface area contributed by atoms with Crippen molar-refractivity contribution in [1.29, 1.82) is 0 Å². The number of rotatable bonds is 6. The Morgan fingerprint density at radius 3 is 2.88 bits per heavy atom. The Hall–Kier alpha value is -1.31. The first-order valence-electron chi connectivity index (χ1n) is 9.38. The summed E-state index contributed by atoms with van der Waals surface area (Å²) in [6.45, 7) is 6.73. The number of nitrogens with zero attached hydrogens (tertiary/aromatic N) is 3. The second-order valence-corrected chi connectivity index (χ2v) is 7.33. The van der Waals surface area contributed by atoms with Crippen LogP contribution in [0.1, 0.15) is 36.9 Å². The zero-order valence-electron chi connectivity index (χ0n) is 16.1. The Balaban J connectivity index is 0.00000243. The predicted octanol–water partition coefficient (Wildman–Crippen LogP) is 1.24. The van der Waals surface area contributed by atoms with Gasteiger partial charge in [0.15, 0.2) is 0 Å². The van der Waals surface area contributed by atoms with E-state index >= 15 is 0 Å². The molecule has 2 aliphatic rings. The van der Waals surface area contributed by atoms with Crippen LogP contribution in [0.2, 0.25) is 0 Å². The maximum Gasteiger partial charge on any atom is 0.237 e. The second-order valence-electron chi connectivity index (χ2n) is 7.33. The molecule has 2 fully saturated rings. The molecule has 0 aliphatic carbocycles. The molecular formula is C18H32ClN5O2. The van der Waals surface area contributed by atoms with Crippen LogP contribution in [0.5, 0.6) is 5.88 Å². The molecule has 148 valence electrons.